The van der Waals surface area contributed by atoms with Crippen molar-refractivity contribution in [2.45, 2.75) is 12.8 Å². The number of ether oxygens (including phenoxy) is 1. The van der Waals surface area contributed by atoms with Gasteiger partial charge in [-0.05, 0) is 30.4 Å². The molecule has 142 valence electrons. The van der Waals surface area contributed by atoms with Crippen molar-refractivity contribution in [3.8, 4) is 5.75 Å². The Labute approximate surface area is 159 Å². The summed E-state index contributed by atoms with van der Waals surface area (Å²) in [5.74, 6) is -0.161. The molecule has 0 radical (unpaired) electrons. The van der Waals surface area contributed by atoms with E-state index in [0.29, 0.717) is 36.5 Å². The maximum atomic E-state index is 12.6. The number of nitro benzene ring substituents is 1. The minimum absolute atomic E-state index is 0.000830. The summed E-state index contributed by atoms with van der Waals surface area (Å²) in [6.07, 6.45) is 1.14. The van der Waals surface area contributed by atoms with Crippen LogP contribution >= 0.6 is 11.3 Å². The lowest BCUT2D eigenvalue weighted by Gasteiger charge is -2.31. The van der Waals surface area contributed by atoms with Gasteiger partial charge in [-0.1, -0.05) is 6.07 Å². The number of rotatable bonds is 5. The maximum absolute atomic E-state index is 12.6. The number of benzene rings is 1. The zero-order valence-electron chi connectivity index (χ0n) is 14.7. The second-order valence-corrected chi connectivity index (χ2v) is 7.12. The minimum Gasteiger partial charge on any atom is -0.494 e. The SMILES string of the molecule is COc1cc([N+](=O)[O-])ccc1NC(=O)C1CCN(C(=O)c2cccs2)CC1. The lowest BCUT2D eigenvalue weighted by Crippen LogP contribution is -2.41. The molecule has 3 rings (SSSR count). The maximum Gasteiger partial charge on any atom is 0.273 e. The predicted molar refractivity (Wildman–Crippen MR) is 101 cm³/mol. The molecule has 2 aromatic rings. The van der Waals surface area contributed by atoms with E-state index in [1.165, 1.54) is 36.6 Å². The first-order chi connectivity index (χ1) is 13.0. The van der Waals surface area contributed by atoms with E-state index in [-0.39, 0.29) is 29.2 Å². The number of carbonyl (C=O) groups excluding carboxylic acids is 2. The summed E-state index contributed by atoms with van der Waals surface area (Å²) < 4.78 is 5.14. The summed E-state index contributed by atoms with van der Waals surface area (Å²) in [5, 5.41) is 15.5. The van der Waals surface area contributed by atoms with Crippen molar-refractivity contribution in [3.05, 3.63) is 50.7 Å². The number of anilines is 1. The molecule has 1 N–H and O–H groups in total. The quantitative estimate of drug-likeness (QED) is 0.625. The summed E-state index contributed by atoms with van der Waals surface area (Å²) in [6, 6.07) is 7.70. The molecule has 1 aliphatic rings. The van der Waals surface area contributed by atoms with Gasteiger partial charge in [0.1, 0.15) is 5.75 Å². The molecule has 2 amide bonds. The summed E-state index contributed by atoms with van der Waals surface area (Å²) in [7, 11) is 1.39. The lowest BCUT2D eigenvalue weighted by molar-refractivity contribution is -0.384. The third kappa shape index (κ3) is 4.25. The molecule has 0 saturated carbocycles. The van der Waals surface area contributed by atoms with Gasteiger partial charge >= 0.3 is 0 Å². The van der Waals surface area contributed by atoms with Crippen LogP contribution in [0.1, 0.15) is 22.5 Å². The van der Waals surface area contributed by atoms with E-state index < -0.39 is 4.92 Å². The van der Waals surface area contributed by atoms with Gasteiger partial charge in [0.05, 0.1) is 28.7 Å². The molecular weight excluding hydrogens is 370 g/mol. The van der Waals surface area contributed by atoms with Crippen molar-refractivity contribution in [1.82, 2.24) is 4.90 Å². The first-order valence-electron chi connectivity index (χ1n) is 8.45. The highest BCUT2D eigenvalue weighted by Gasteiger charge is 2.28. The number of nitrogens with zero attached hydrogens (tertiary/aromatic N) is 2. The zero-order chi connectivity index (χ0) is 19.4. The van der Waals surface area contributed by atoms with E-state index in [2.05, 4.69) is 5.32 Å². The standard InChI is InChI=1S/C18H19N3O5S/c1-26-15-11-13(21(24)25)4-5-14(15)19-17(22)12-6-8-20(9-7-12)18(23)16-3-2-10-27-16/h2-5,10-12H,6-9H2,1H3,(H,19,22). The van der Waals surface area contributed by atoms with Crippen molar-refractivity contribution in [1.29, 1.82) is 0 Å². The highest BCUT2D eigenvalue weighted by atomic mass is 32.1. The molecule has 1 aromatic heterocycles. The van der Waals surface area contributed by atoms with Crippen LogP contribution in [0.5, 0.6) is 5.75 Å². The summed E-state index contributed by atoms with van der Waals surface area (Å²) in [4.78, 5) is 37.7. The Kier molecular flexibility index (Phi) is 5.70. The van der Waals surface area contributed by atoms with E-state index in [1.54, 1.807) is 11.0 Å². The Morgan fingerprint density at radius 3 is 2.63 bits per heavy atom. The lowest BCUT2D eigenvalue weighted by atomic mass is 9.95. The molecular formula is C18H19N3O5S. The average molecular weight is 389 g/mol. The smallest absolute Gasteiger partial charge is 0.273 e. The average Bonchev–Trinajstić information content (AvgIpc) is 3.22. The fourth-order valence-corrected chi connectivity index (χ4v) is 3.72. The summed E-state index contributed by atoms with van der Waals surface area (Å²) >= 11 is 1.41. The van der Waals surface area contributed by atoms with Crippen molar-refractivity contribution in [2.75, 3.05) is 25.5 Å². The Morgan fingerprint density at radius 1 is 1.30 bits per heavy atom. The normalized spacial score (nSPS) is 14.6. The molecule has 1 aliphatic heterocycles. The van der Waals surface area contributed by atoms with Crippen LogP contribution in [0.25, 0.3) is 0 Å². The Balaban J connectivity index is 1.60. The third-order valence-electron chi connectivity index (χ3n) is 4.54. The van der Waals surface area contributed by atoms with Crippen LogP contribution in [0.15, 0.2) is 35.7 Å². The van der Waals surface area contributed by atoms with Gasteiger partial charge in [-0.3, -0.25) is 19.7 Å². The third-order valence-corrected chi connectivity index (χ3v) is 5.40. The van der Waals surface area contributed by atoms with Gasteiger partial charge in [0.2, 0.25) is 5.91 Å². The van der Waals surface area contributed by atoms with Crippen molar-refractivity contribution < 1.29 is 19.2 Å². The highest BCUT2D eigenvalue weighted by Crippen LogP contribution is 2.30. The van der Waals surface area contributed by atoms with Crippen molar-refractivity contribution in [3.63, 3.8) is 0 Å². The highest BCUT2D eigenvalue weighted by molar-refractivity contribution is 7.12. The van der Waals surface area contributed by atoms with Crippen molar-refractivity contribution >= 4 is 34.5 Å². The van der Waals surface area contributed by atoms with E-state index in [0.717, 1.165) is 0 Å². The number of carbonyl (C=O) groups is 2. The van der Waals surface area contributed by atoms with Gasteiger partial charge in [0.25, 0.3) is 11.6 Å². The van der Waals surface area contributed by atoms with Crippen LogP contribution in [-0.4, -0.2) is 41.8 Å². The van der Waals surface area contributed by atoms with Crippen LogP contribution in [0.4, 0.5) is 11.4 Å². The monoisotopic (exact) mass is 389 g/mol. The second-order valence-electron chi connectivity index (χ2n) is 6.17. The molecule has 9 heteroatoms. The predicted octanol–water partition coefficient (Wildman–Crippen LogP) is 3.16. The summed E-state index contributed by atoms with van der Waals surface area (Å²) in [6.45, 7) is 1.04. The van der Waals surface area contributed by atoms with Crippen LogP contribution in [0.3, 0.4) is 0 Å². The van der Waals surface area contributed by atoms with Crippen LogP contribution in [0.2, 0.25) is 0 Å². The molecule has 0 aliphatic carbocycles. The van der Waals surface area contributed by atoms with Gasteiger partial charge in [0.15, 0.2) is 0 Å². The number of non-ortho nitro benzene ring substituents is 1. The van der Waals surface area contributed by atoms with Crippen molar-refractivity contribution in [2.24, 2.45) is 5.92 Å². The fourth-order valence-electron chi connectivity index (χ4n) is 3.03. The number of amides is 2. The number of piperidine rings is 1. The van der Waals surface area contributed by atoms with E-state index in [9.17, 15) is 19.7 Å². The van der Waals surface area contributed by atoms with Crippen LogP contribution < -0.4 is 10.1 Å². The largest absolute Gasteiger partial charge is 0.494 e. The van der Waals surface area contributed by atoms with Gasteiger partial charge < -0.3 is 15.0 Å². The number of hydrogen-bond donors (Lipinski definition) is 1. The molecule has 27 heavy (non-hydrogen) atoms. The zero-order valence-corrected chi connectivity index (χ0v) is 15.5. The molecule has 1 saturated heterocycles. The number of nitrogens with one attached hydrogen (secondary N) is 1. The Morgan fingerprint density at radius 2 is 2.04 bits per heavy atom. The fraction of sp³-hybridized carbons (Fsp3) is 0.333. The van der Waals surface area contributed by atoms with Gasteiger partial charge in [0, 0.05) is 25.1 Å². The van der Waals surface area contributed by atoms with E-state index in [1.807, 2.05) is 11.4 Å². The van der Waals surface area contributed by atoms with Gasteiger partial charge in [-0.15, -0.1) is 11.3 Å². The second kappa shape index (κ2) is 8.17. The number of nitro groups is 1. The summed E-state index contributed by atoms with van der Waals surface area (Å²) in [5.41, 5.74) is 0.287. The molecule has 0 unspecified atom stereocenters. The van der Waals surface area contributed by atoms with E-state index in [4.69, 9.17) is 4.74 Å². The topological polar surface area (TPSA) is 102 Å². The van der Waals surface area contributed by atoms with E-state index >= 15 is 0 Å². The first-order valence-corrected chi connectivity index (χ1v) is 9.33. The van der Waals surface area contributed by atoms with Gasteiger partial charge in [-0.2, -0.15) is 0 Å². The Bertz CT molecular complexity index is 845. The molecule has 1 aromatic carbocycles. The molecule has 0 atom stereocenters. The minimum atomic E-state index is -0.519. The number of thiophene rings is 1. The van der Waals surface area contributed by atoms with Gasteiger partial charge in [-0.25, -0.2) is 0 Å². The number of likely N-dealkylation sites (tertiary alicyclic amines) is 1. The Hall–Kier alpha value is -2.94. The molecule has 8 nitrogen and oxygen atoms in total. The molecule has 1 fully saturated rings. The molecule has 0 spiro atoms. The molecule has 2 heterocycles. The number of methoxy groups -OCH3 is 1. The molecule has 0 bridgehead atoms. The first kappa shape index (κ1) is 18.8. The number of hydrogen-bond acceptors (Lipinski definition) is 6. The van der Waals surface area contributed by atoms with Crippen LogP contribution in [-0.2, 0) is 4.79 Å². The van der Waals surface area contributed by atoms with Crippen LogP contribution in [0, 0.1) is 16.0 Å².